The van der Waals surface area contributed by atoms with E-state index in [0.29, 0.717) is 0 Å². The van der Waals surface area contributed by atoms with Crippen LogP contribution >= 0.6 is 0 Å². The van der Waals surface area contributed by atoms with Gasteiger partial charge in [0.05, 0.1) is 0 Å². The summed E-state index contributed by atoms with van der Waals surface area (Å²) in [5.74, 6) is 0. The fourth-order valence-corrected chi connectivity index (χ4v) is 4.34. The lowest BCUT2D eigenvalue weighted by Crippen LogP contribution is -2.54. The van der Waals surface area contributed by atoms with Crippen molar-refractivity contribution < 1.29 is 0 Å². The highest BCUT2D eigenvalue weighted by Gasteiger charge is 2.35. The number of likely N-dealkylation sites (tertiary alicyclic amines) is 1. The van der Waals surface area contributed by atoms with Gasteiger partial charge in [-0.1, -0.05) is 32.6 Å². The van der Waals surface area contributed by atoms with Gasteiger partial charge < -0.3 is 10.2 Å². The van der Waals surface area contributed by atoms with E-state index in [1.54, 1.807) is 0 Å². The lowest BCUT2D eigenvalue weighted by molar-refractivity contribution is 0.105. The minimum absolute atomic E-state index is 0.730. The zero-order valence-corrected chi connectivity index (χ0v) is 14.6. The molecule has 2 rings (SSSR count). The molecule has 2 fully saturated rings. The first-order valence-corrected chi connectivity index (χ1v) is 9.36. The zero-order chi connectivity index (χ0) is 15.1. The molecule has 3 atom stereocenters. The van der Waals surface area contributed by atoms with Crippen LogP contribution in [-0.4, -0.2) is 61.7 Å². The predicted molar refractivity (Wildman–Crippen MR) is 91.9 cm³/mol. The van der Waals surface area contributed by atoms with E-state index in [4.69, 9.17) is 0 Å². The predicted octanol–water partition coefficient (Wildman–Crippen LogP) is 3.10. The maximum Gasteiger partial charge on any atom is 0.0252 e. The maximum absolute atomic E-state index is 3.88. The van der Waals surface area contributed by atoms with E-state index >= 15 is 0 Å². The fourth-order valence-electron chi connectivity index (χ4n) is 4.34. The SMILES string of the molecule is CCCNC1CCCCCCC1N1CCCC1CN(C)C. The second-order valence-corrected chi connectivity index (χ2v) is 7.42. The van der Waals surface area contributed by atoms with Gasteiger partial charge in [0.1, 0.15) is 0 Å². The van der Waals surface area contributed by atoms with Gasteiger partial charge in [0.2, 0.25) is 0 Å². The van der Waals surface area contributed by atoms with E-state index < -0.39 is 0 Å². The minimum atomic E-state index is 0.730. The number of likely N-dealkylation sites (N-methyl/N-ethyl adjacent to an activating group) is 1. The molecule has 124 valence electrons. The van der Waals surface area contributed by atoms with Crippen molar-refractivity contribution in [3.63, 3.8) is 0 Å². The number of hydrogen-bond donors (Lipinski definition) is 1. The highest BCUT2D eigenvalue weighted by molar-refractivity contribution is 4.93. The molecule has 0 bridgehead atoms. The second kappa shape index (κ2) is 9.12. The molecular weight excluding hydrogens is 258 g/mol. The van der Waals surface area contributed by atoms with E-state index in [1.807, 2.05) is 0 Å². The van der Waals surface area contributed by atoms with Crippen LogP contribution in [0, 0.1) is 0 Å². The van der Waals surface area contributed by atoms with E-state index in [1.165, 1.54) is 77.4 Å². The summed E-state index contributed by atoms with van der Waals surface area (Å²) in [7, 11) is 4.45. The number of rotatable bonds is 6. The fraction of sp³-hybridized carbons (Fsp3) is 1.00. The van der Waals surface area contributed by atoms with Gasteiger partial charge in [0.15, 0.2) is 0 Å². The Kier molecular flexibility index (Phi) is 7.48. The van der Waals surface area contributed by atoms with Crippen LogP contribution in [0.4, 0.5) is 0 Å². The third-order valence-electron chi connectivity index (χ3n) is 5.31. The van der Waals surface area contributed by atoms with E-state index in [9.17, 15) is 0 Å². The molecule has 1 N–H and O–H groups in total. The molecule has 21 heavy (non-hydrogen) atoms. The largest absolute Gasteiger partial charge is 0.312 e. The molecule has 0 radical (unpaired) electrons. The summed E-state index contributed by atoms with van der Waals surface area (Å²) in [5.41, 5.74) is 0. The van der Waals surface area contributed by atoms with Crippen molar-refractivity contribution in [2.45, 2.75) is 82.8 Å². The summed E-state index contributed by atoms with van der Waals surface area (Å²) >= 11 is 0. The van der Waals surface area contributed by atoms with Gasteiger partial charge in [-0.05, 0) is 59.3 Å². The van der Waals surface area contributed by atoms with Gasteiger partial charge in [0.25, 0.3) is 0 Å². The topological polar surface area (TPSA) is 18.5 Å². The lowest BCUT2D eigenvalue weighted by Gasteiger charge is -2.40. The lowest BCUT2D eigenvalue weighted by atomic mass is 9.90. The smallest absolute Gasteiger partial charge is 0.0252 e. The van der Waals surface area contributed by atoms with Crippen LogP contribution in [0.5, 0.6) is 0 Å². The second-order valence-electron chi connectivity index (χ2n) is 7.42. The van der Waals surface area contributed by atoms with Gasteiger partial charge in [-0.25, -0.2) is 0 Å². The van der Waals surface area contributed by atoms with Crippen molar-refractivity contribution in [1.82, 2.24) is 15.1 Å². The van der Waals surface area contributed by atoms with Crippen LogP contribution in [0.3, 0.4) is 0 Å². The monoisotopic (exact) mass is 295 g/mol. The van der Waals surface area contributed by atoms with Crippen LogP contribution in [0.15, 0.2) is 0 Å². The summed E-state index contributed by atoms with van der Waals surface area (Å²) in [6, 6.07) is 2.30. The molecule has 1 heterocycles. The molecule has 0 aromatic rings. The summed E-state index contributed by atoms with van der Waals surface area (Å²) < 4.78 is 0. The van der Waals surface area contributed by atoms with Crippen LogP contribution in [0.1, 0.15) is 64.7 Å². The Bertz CT molecular complexity index is 278. The molecular formula is C18H37N3. The Balaban J connectivity index is 2.02. The Morgan fingerprint density at radius 1 is 1.00 bits per heavy atom. The minimum Gasteiger partial charge on any atom is -0.312 e. The summed E-state index contributed by atoms with van der Waals surface area (Å²) in [6.07, 6.45) is 12.6. The standard InChI is InChI=1S/C18H37N3/c1-4-13-19-17-11-7-5-6-8-12-18(17)21-14-9-10-16(21)15-20(2)3/h16-19H,4-15H2,1-3H3. The Labute approximate surface area is 132 Å². The van der Waals surface area contributed by atoms with E-state index in [2.05, 4.69) is 36.1 Å². The molecule has 1 aliphatic carbocycles. The van der Waals surface area contributed by atoms with Crippen molar-refractivity contribution in [2.75, 3.05) is 33.7 Å². The third kappa shape index (κ3) is 5.22. The van der Waals surface area contributed by atoms with Crippen LogP contribution < -0.4 is 5.32 Å². The van der Waals surface area contributed by atoms with Crippen LogP contribution in [0.25, 0.3) is 0 Å². The zero-order valence-electron chi connectivity index (χ0n) is 14.6. The maximum atomic E-state index is 3.88. The first-order valence-electron chi connectivity index (χ1n) is 9.36. The molecule has 3 heteroatoms. The molecule has 0 aromatic carbocycles. The third-order valence-corrected chi connectivity index (χ3v) is 5.31. The average molecular weight is 296 g/mol. The molecule has 1 saturated heterocycles. The van der Waals surface area contributed by atoms with Gasteiger partial charge in [0, 0.05) is 24.7 Å². The summed E-state index contributed by atoms with van der Waals surface area (Å²) in [5, 5.41) is 3.88. The van der Waals surface area contributed by atoms with Gasteiger partial charge >= 0.3 is 0 Å². The van der Waals surface area contributed by atoms with E-state index in [0.717, 1.165) is 18.1 Å². The molecule has 0 spiro atoms. The Morgan fingerprint density at radius 3 is 2.48 bits per heavy atom. The molecule has 2 aliphatic rings. The molecule has 0 aromatic heterocycles. The molecule has 1 aliphatic heterocycles. The van der Waals surface area contributed by atoms with Crippen molar-refractivity contribution >= 4 is 0 Å². The molecule has 1 saturated carbocycles. The van der Waals surface area contributed by atoms with E-state index in [-0.39, 0.29) is 0 Å². The van der Waals surface area contributed by atoms with Gasteiger partial charge in [-0.2, -0.15) is 0 Å². The van der Waals surface area contributed by atoms with Gasteiger partial charge in [-0.15, -0.1) is 0 Å². The highest BCUT2D eigenvalue weighted by Crippen LogP contribution is 2.28. The number of hydrogen-bond acceptors (Lipinski definition) is 3. The average Bonchev–Trinajstić information content (AvgIpc) is 2.85. The Hall–Kier alpha value is -0.120. The summed E-state index contributed by atoms with van der Waals surface area (Å²) in [4.78, 5) is 5.25. The van der Waals surface area contributed by atoms with Crippen LogP contribution in [-0.2, 0) is 0 Å². The Morgan fingerprint density at radius 2 is 1.76 bits per heavy atom. The van der Waals surface area contributed by atoms with Crippen molar-refractivity contribution in [3.05, 3.63) is 0 Å². The normalized spacial score (nSPS) is 32.3. The van der Waals surface area contributed by atoms with Gasteiger partial charge in [-0.3, -0.25) is 4.90 Å². The first kappa shape index (κ1) is 17.2. The first-order chi connectivity index (χ1) is 10.2. The van der Waals surface area contributed by atoms with Crippen LogP contribution in [0.2, 0.25) is 0 Å². The van der Waals surface area contributed by atoms with Crippen molar-refractivity contribution in [2.24, 2.45) is 0 Å². The van der Waals surface area contributed by atoms with Crippen molar-refractivity contribution in [1.29, 1.82) is 0 Å². The summed E-state index contributed by atoms with van der Waals surface area (Å²) in [6.45, 7) is 6.04. The number of nitrogens with zero attached hydrogens (tertiary/aromatic N) is 2. The molecule has 3 unspecified atom stereocenters. The molecule has 3 nitrogen and oxygen atoms in total. The number of nitrogens with one attached hydrogen (secondary N) is 1. The highest BCUT2D eigenvalue weighted by atomic mass is 15.3. The quantitative estimate of drug-likeness (QED) is 0.812. The van der Waals surface area contributed by atoms with Crippen molar-refractivity contribution in [3.8, 4) is 0 Å². The molecule has 0 amide bonds.